The summed E-state index contributed by atoms with van der Waals surface area (Å²) in [4.78, 5) is 11.6. The Hall–Kier alpha value is -2.51. The fourth-order valence-corrected chi connectivity index (χ4v) is 1.63. The topological polar surface area (TPSA) is 26.3 Å². The van der Waals surface area contributed by atoms with Gasteiger partial charge in [-0.1, -0.05) is 0 Å². The first-order valence-corrected chi connectivity index (χ1v) is 5.72. The van der Waals surface area contributed by atoms with E-state index in [2.05, 4.69) is 4.74 Å². The van der Waals surface area contributed by atoms with Crippen molar-refractivity contribution in [2.45, 2.75) is 6.18 Å². The number of carbonyl (C=O) groups excluding carboxylic acids is 1. The van der Waals surface area contributed by atoms with Crippen LogP contribution in [0.4, 0.5) is 26.3 Å². The summed E-state index contributed by atoms with van der Waals surface area (Å²) >= 11 is 0. The molecule has 8 heteroatoms. The fourth-order valence-electron chi connectivity index (χ4n) is 1.63. The molecule has 0 aliphatic heterocycles. The normalized spacial score (nSPS) is 11.4. The fraction of sp³-hybridized carbons (Fsp3) is 0.0714. The van der Waals surface area contributed by atoms with Crippen molar-refractivity contribution in [3.8, 4) is 5.75 Å². The molecule has 0 spiro atoms. The van der Waals surface area contributed by atoms with Gasteiger partial charge in [0.2, 0.25) is 0 Å². The third kappa shape index (κ3) is 3.57. The molecule has 22 heavy (non-hydrogen) atoms. The first-order chi connectivity index (χ1) is 10.2. The van der Waals surface area contributed by atoms with Crippen LogP contribution in [0.5, 0.6) is 5.75 Å². The third-order valence-electron chi connectivity index (χ3n) is 2.56. The predicted octanol–water partition coefficient (Wildman–Crippen LogP) is 4.34. The van der Waals surface area contributed by atoms with Crippen LogP contribution in [-0.2, 0) is 6.18 Å². The minimum atomic E-state index is -4.90. The molecule has 0 heterocycles. The van der Waals surface area contributed by atoms with Gasteiger partial charge in [0, 0.05) is 18.2 Å². The van der Waals surface area contributed by atoms with Crippen LogP contribution in [-0.4, -0.2) is 5.97 Å². The first-order valence-electron chi connectivity index (χ1n) is 5.72. The average Bonchev–Trinajstić information content (AvgIpc) is 2.35. The number of hydrogen-bond acceptors (Lipinski definition) is 2. The molecule has 2 rings (SSSR count). The van der Waals surface area contributed by atoms with E-state index in [1.54, 1.807) is 0 Å². The highest BCUT2D eigenvalue weighted by molar-refractivity contribution is 5.91. The summed E-state index contributed by atoms with van der Waals surface area (Å²) in [6.07, 6.45) is -4.90. The quantitative estimate of drug-likeness (QED) is 0.467. The number of alkyl halides is 3. The van der Waals surface area contributed by atoms with Gasteiger partial charge in [-0.3, -0.25) is 0 Å². The Morgan fingerprint density at radius 1 is 0.909 bits per heavy atom. The molecule has 2 aromatic rings. The van der Waals surface area contributed by atoms with E-state index in [0.29, 0.717) is 36.4 Å². The maximum Gasteiger partial charge on any atom is 0.419 e. The number of benzene rings is 2. The number of ether oxygens (including phenoxy) is 1. The van der Waals surface area contributed by atoms with E-state index in [0.717, 1.165) is 0 Å². The number of carbonyl (C=O) groups is 1. The predicted molar refractivity (Wildman–Crippen MR) is 62.7 cm³/mol. The molecule has 0 atom stereocenters. The summed E-state index contributed by atoms with van der Waals surface area (Å²) in [5.74, 6) is -5.43. The molecule has 2 nitrogen and oxygen atoms in total. The van der Waals surface area contributed by atoms with Crippen LogP contribution in [0, 0.1) is 17.5 Å². The van der Waals surface area contributed by atoms with Gasteiger partial charge in [0.15, 0.2) is 0 Å². The molecule has 0 saturated heterocycles. The number of esters is 1. The van der Waals surface area contributed by atoms with Gasteiger partial charge in [-0.15, -0.1) is 0 Å². The van der Waals surface area contributed by atoms with E-state index in [1.165, 1.54) is 0 Å². The van der Waals surface area contributed by atoms with Crippen LogP contribution in [0.2, 0.25) is 0 Å². The lowest BCUT2D eigenvalue weighted by Crippen LogP contribution is -2.12. The summed E-state index contributed by atoms with van der Waals surface area (Å²) < 4.78 is 80.9. The molecule has 0 unspecified atom stereocenters. The Balaban J connectivity index is 2.25. The molecular weight excluding hydrogens is 314 g/mol. The summed E-state index contributed by atoms with van der Waals surface area (Å²) in [5.41, 5.74) is -2.07. The van der Waals surface area contributed by atoms with Crippen molar-refractivity contribution in [1.29, 1.82) is 0 Å². The van der Waals surface area contributed by atoms with E-state index < -0.39 is 46.5 Å². The second kappa shape index (κ2) is 5.70. The Morgan fingerprint density at radius 2 is 1.50 bits per heavy atom. The van der Waals surface area contributed by atoms with Crippen LogP contribution >= 0.6 is 0 Å². The van der Waals surface area contributed by atoms with Gasteiger partial charge >= 0.3 is 12.1 Å². The van der Waals surface area contributed by atoms with Crippen LogP contribution in [0.15, 0.2) is 36.4 Å². The molecular formula is C14H6F6O2. The van der Waals surface area contributed by atoms with Crippen molar-refractivity contribution in [2.24, 2.45) is 0 Å². The van der Waals surface area contributed by atoms with Gasteiger partial charge in [0.25, 0.3) is 0 Å². The first kappa shape index (κ1) is 15.9. The largest absolute Gasteiger partial charge is 0.423 e. The standard InChI is InChI=1S/C14H6F6O2/c15-8-4-9(16)6-10(5-8)22-13(21)7-1-2-11(12(17)3-7)14(18,19)20/h1-6H. The van der Waals surface area contributed by atoms with Gasteiger partial charge < -0.3 is 4.74 Å². The molecule has 0 radical (unpaired) electrons. The molecule has 0 bridgehead atoms. The zero-order valence-electron chi connectivity index (χ0n) is 10.5. The third-order valence-corrected chi connectivity index (χ3v) is 2.56. The summed E-state index contributed by atoms with van der Waals surface area (Å²) in [5, 5.41) is 0. The molecule has 0 aliphatic carbocycles. The Morgan fingerprint density at radius 3 is 2.00 bits per heavy atom. The number of hydrogen-bond donors (Lipinski definition) is 0. The zero-order chi connectivity index (χ0) is 16.5. The molecule has 0 saturated carbocycles. The SMILES string of the molecule is O=C(Oc1cc(F)cc(F)c1)c1ccc(C(F)(F)F)c(F)c1. The number of rotatable bonds is 2. The van der Waals surface area contributed by atoms with Gasteiger partial charge in [-0.2, -0.15) is 13.2 Å². The van der Waals surface area contributed by atoms with Crippen LogP contribution in [0.25, 0.3) is 0 Å². The van der Waals surface area contributed by atoms with Gasteiger partial charge in [0.05, 0.1) is 11.1 Å². The van der Waals surface area contributed by atoms with Crippen LogP contribution in [0.3, 0.4) is 0 Å². The van der Waals surface area contributed by atoms with Crippen molar-refractivity contribution < 1.29 is 35.9 Å². The maximum atomic E-state index is 13.3. The van der Waals surface area contributed by atoms with Gasteiger partial charge in [0.1, 0.15) is 23.2 Å². The Kier molecular flexibility index (Phi) is 4.11. The molecule has 2 aromatic carbocycles. The van der Waals surface area contributed by atoms with Crippen molar-refractivity contribution in [3.05, 3.63) is 65.0 Å². The summed E-state index contributed by atoms with van der Waals surface area (Å²) in [7, 11) is 0. The van der Waals surface area contributed by atoms with E-state index in [-0.39, 0.29) is 0 Å². The molecule has 0 aliphatic rings. The van der Waals surface area contributed by atoms with Crippen molar-refractivity contribution >= 4 is 5.97 Å². The highest BCUT2D eigenvalue weighted by atomic mass is 19.4. The van der Waals surface area contributed by atoms with Crippen molar-refractivity contribution in [2.75, 3.05) is 0 Å². The summed E-state index contributed by atoms with van der Waals surface area (Å²) in [6, 6.07) is 3.33. The highest BCUT2D eigenvalue weighted by Gasteiger charge is 2.34. The van der Waals surface area contributed by atoms with Crippen LogP contribution < -0.4 is 4.74 Å². The average molecular weight is 320 g/mol. The second-order valence-electron chi connectivity index (χ2n) is 4.19. The van der Waals surface area contributed by atoms with Gasteiger partial charge in [-0.05, 0) is 18.2 Å². The van der Waals surface area contributed by atoms with Crippen LogP contribution in [0.1, 0.15) is 15.9 Å². The second-order valence-corrected chi connectivity index (χ2v) is 4.19. The minimum Gasteiger partial charge on any atom is -0.423 e. The van der Waals surface area contributed by atoms with E-state index in [9.17, 15) is 31.1 Å². The molecule has 116 valence electrons. The lowest BCUT2D eigenvalue weighted by molar-refractivity contribution is -0.140. The molecule has 0 N–H and O–H groups in total. The van der Waals surface area contributed by atoms with E-state index in [4.69, 9.17) is 0 Å². The Bertz CT molecular complexity index is 704. The minimum absolute atomic E-state index is 0.334. The molecule has 0 fully saturated rings. The smallest absolute Gasteiger partial charge is 0.419 e. The van der Waals surface area contributed by atoms with Gasteiger partial charge in [-0.25, -0.2) is 18.0 Å². The lowest BCUT2D eigenvalue weighted by Gasteiger charge is -2.09. The zero-order valence-corrected chi connectivity index (χ0v) is 10.5. The maximum absolute atomic E-state index is 13.3. The van der Waals surface area contributed by atoms with E-state index >= 15 is 0 Å². The van der Waals surface area contributed by atoms with Crippen molar-refractivity contribution in [3.63, 3.8) is 0 Å². The lowest BCUT2D eigenvalue weighted by atomic mass is 10.1. The molecule has 0 amide bonds. The van der Waals surface area contributed by atoms with E-state index in [1.807, 2.05) is 0 Å². The molecule has 0 aromatic heterocycles. The number of halogens is 6. The summed E-state index contributed by atoms with van der Waals surface area (Å²) in [6.45, 7) is 0. The van der Waals surface area contributed by atoms with Crippen molar-refractivity contribution in [1.82, 2.24) is 0 Å². The monoisotopic (exact) mass is 320 g/mol. The Labute approximate surface area is 119 Å². The highest BCUT2D eigenvalue weighted by Crippen LogP contribution is 2.31.